The highest BCUT2D eigenvalue weighted by atomic mass is 19.1. The molecule has 3 rings (SSSR count). The molecule has 3 nitrogen and oxygen atoms in total. The first kappa shape index (κ1) is 15.8. The first-order valence-electron chi connectivity index (χ1n) is 8.17. The fourth-order valence-corrected chi connectivity index (χ4v) is 3.57. The third kappa shape index (κ3) is 3.16. The van der Waals surface area contributed by atoms with E-state index >= 15 is 0 Å². The number of hydrogen-bond donors (Lipinski definition) is 0. The van der Waals surface area contributed by atoms with Gasteiger partial charge >= 0.3 is 0 Å². The average Bonchev–Trinajstić information content (AvgIpc) is 3.14. The minimum absolute atomic E-state index is 0.106. The van der Waals surface area contributed by atoms with Crippen LogP contribution in [0.1, 0.15) is 53.5 Å². The standard InChI is InChI=1S/C19H22FNO2/c1-13-11-16(14(2)21(13)15-7-3-4-8-15)18(22)12-23-19-10-6-5-9-17(19)20/h5-6,9-11,15H,3-4,7-8,12H2,1-2H3. The van der Waals surface area contributed by atoms with Crippen LogP contribution in [0.5, 0.6) is 5.75 Å². The molecule has 1 heterocycles. The highest BCUT2D eigenvalue weighted by molar-refractivity contribution is 5.98. The van der Waals surface area contributed by atoms with Gasteiger partial charge in [-0.25, -0.2) is 4.39 Å². The average molecular weight is 315 g/mol. The number of Topliss-reactive ketones (excluding diaryl/α,β-unsaturated/α-hetero) is 1. The van der Waals surface area contributed by atoms with Crippen LogP contribution in [-0.2, 0) is 0 Å². The Morgan fingerprint density at radius 3 is 2.65 bits per heavy atom. The van der Waals surface area contributed by atoms with Crippen LogP contribution in [0.25, 0.3) is 0 Å². The minimum atomic E-state index is -0.447. The third-order valence-corrected chi connectivity index (χ3v) is 4.67. The summed E-state index contributed by atoms with van der Waals surface area (Å²) < 4.78 is 21.2. The fraction of sp³-hybridized carbons (Fsp3) is 0.421. The molecule has 23 heavy (non-hydrogen) atoms. The number of hydrogen-bond acceptors (Lipinski definition) is 2. The number of para-hydroxylation sites is 1. The second kappa shape index (κ2) is 6.57. The fourth-order valence-electron chi connectivity index (χ4n) is 3.57. The molecule has 0 radical (unpaired) electrons. The summed E-state index contributed by atoms with van der Waals surface area (Å²) in [5.74, 6) is -0.437. The zero-order valence-electron chi connectivity index (χ0n) is 13.6. The second-order valence-corrected chi connectivity index (χ2v) is 6.24. The Balaban J connectivity index is 1.75. The van der Waals surface area contributed by atoms with Crippen molar-refractivity contribution in [3.05, 3.63) is 53.1 Å². The molecule has 0 unspecified atom stereocenters. The minimum Gasteiger partial charge on any atom is -0.482 e. The van der Waals surface area contributed by atoms with Gasteiger partial charge in [0.15, 0.2) is 18.2 Å². The lowest BCUT2D eigenvalue weighted by Gasteiger charge is -2.17. The predicted octanol–water partition coefficient (Wildman–Crippen LogP) is 4.62. The van der Waals surface area contributed by atoms with E-state index in [0.29, 0.717) is 11.6 Å². The number of rotatable bonds is 5. The zero-order chi connectivity index (χ0) is 16.4. The van der Waals surface area contributed by atoms with E-state index in [1.54, 1.807) is 12.1 Å². The van der Waals surface area contributed by atoms with Gasteiger partial charge in [0.2, 0.25) is 5.78 Å². The topological polar surface area (TPSA) is 31.2 Å². The molecule has 122 valence electrons. The summed E-state index contributed by atoms with van der Waals surface area (Å²) >= 11 is 0. The van der Waals surface area contributed by atoms with Gasteiger partial charge in [0.1, 0.15) is 0 Å². The molecule has 0 N–H and O–H groups in total. The van der Waals surface area contributed by atoms with E-state index in [1.165, 1.54) is 37.8 Å². The maximum atomic E-state index is 13.6. The summed E-state index contributed by atoms with van der Waals surface area (Å²) in [4.78, 5) is 12.5. The van der Waals surface area contributed by atoms with Crippen LogP contribution in [-0.4, -0.2) is 17.0 Å². The summed E-state index contributed by atoms with van der Waals surface area (Å²) in [6.07, 6.45) is 4.86. The van der Waals surface area contributed by atoms with Gasteiger partial charge in [-0.3, -0.25) is 4.79 Å². The molecule has 4 heteroatoms. The number of aromatic nitrogens is 1. The Morgan fingerprint density at radius 1 is 1.26 bits per heavy atom. The number of carbonyl (C=O) groups is 1. The van der Waals surface area contributed by atoms with Gasteiger partial charge in [-0.05, 0) is 44.9 Å². The molecule has 1 fully saturated rings. The van der Waals surface area contributed by atoms with Gasteiger partial charge in [0.05, 0.1) is 0 Å². The van der Waals surface area contributed by atoms with E-state index in [1.807, 2.05) is 19.9 Å². The van der Waals surface area contributed by atoms with E-state index in [4.69, 9.17) is 4.74 Å². The molecular formula is C19H22FNO2. The van der Waals surface area contributed by atoms with Gasteiger partial charge < -0.3 is 9.30 Å². The van der Waals surface area contributed by atoms with Crippen LogP contribution in [0.15, 0.2) is 30.3 Å². The van der Waals surface area contributed by atoms with Crippen molar-refractivity contribution in [3.63, 3.8) is 0 Å². The summed E-state index contributed by atoms with van der Waals surface area (Å²) in [5, 5.41) is 0. The van der Waals surface area contributed by atoms with Gasteiger partial charge in [0, 0.05) is 23.0 Å². The normalized spacial score (nSPS) is 15.1. The van der Waals surface area contributed by atoms with Crippen molar-refractivity contribution < 1.29 is 13.9 Å². The monoisotopic (exact) mass is 315 g/mol. The van der Waals surface area contributed by atoms with E-state index < -0.39 is 5.82 Å². The zero-order valence-corrected chi connectivity index (χ0v) is 13.6. The quantitative estimate of drug-likeness (QED) is 0.754. The molecule has 1 saturated carbocycles. The van der Waals surface area contributed by atoms with Crippen LogP contribution in [0.4, 0.5) is 4.39 Å². The van der Waals surface area contributed by atoms with Gasteiger partial charge in [-0.1, -0.05) is 25.0 Å². The first-order valence-corrected chi connectivity index (χ1v) is 8.17. The molecule has 2 aromatic rings. The van der Waals surface area contributed by atoms with Crippen molar-refractivity contribution >= 4 is 5.78 Å². The molecule has 0 amide bonds. The molecule has 0 spiro atoms. The number of ketones is 1. The first-order chi connectivity index (χ1) is 11.1. The maximum Gasteiger partial charge on any atom is 0.202 e. The molecular weight excluding hydrogens is 293 g/mol. The van der Waals surface area contributed by atoms with Gasteiger partial charge in [-0.15, -0.1) is 0 Å². The Hall–Kier alpha value is -2.10. The van der Waals surface area contributed by atoms with Gasteiger partial charge in [0.25, 0.3) is 0 Å². The summed E-state index contributed by atoms with van der Waals surface area (Å²) in [7, 11) is 0. The van der Waals surface area contributed by atoms with Gasteiger partial charge in [-0.2, -0.15) is 0 Å². The van der Waals surface area contributed by atoms with Crippen LogP contribution in [0.2, 0.25) is 0 Å². The maximum absolute atomic E-state index is 13.6. The van der Waals surface area contributed by atoms with E-state index in [-0.39, 0.29) is 18.1 Å². The van der Waals surface area contributed by atoms with Crippen LogP contribution < -0.4 is 4.74 Å². The Bertz CT molecular complexity index is 714. The van der Waals surface area contributed by atoms with Crippen LogP contribution in [0.3, 0.4) is 0 Å². The van der Waals surface area contributed by atoms with Crippen molar-refractivity contribution in [1.29, 1.82) is 0 Å². The molecule has 1 aromatic carbocycles. The highest BCUT2D eigenvalue weighted by Gasteiger charge is 2.23. The van der Waals surface area contributed by atoms with Crippen molar-refractivity contribution in [2.45, 2.75) is 45.6 Å². The number of ether oxygens (including phenoxy) is 1. The molecule has 0 bridgehead atoms. The lowest BCUT2D eigenvalue weighted by Crippen LogP contribution is -2.14. The molecule has 1 aliphatic rings. The molecule has 0 aliphatic heterocycles. The smallest absolute Gasteiger partial charge is 0.202 e. The van der Waals surface area contributed by atoms with Crippen molar-refractivity contribution in [3.8, 4) is 5.75 Å². The largest absolute Gasteiger partial charge is 0.482 e. The lowest BCUT2D eigenvalue weighted by molar-refractivity contribution is 0.0918. The Labute approximate surface area is 136 Å². The number of nitrogens with zero attached hydrogens (tertiary/aromatic N) is 1. The van der Waals surface area contributed by atoms with Crippen molar-refractivity contribution in [2.75, 3.05) is 6.61 Å². The van der Waals surface area contributed by atoms with E-state index in [9.17, 15) is 9.18 Å². The Morgan fingerprint density at radius 2 is 1.96 bits per heavy atom. The lowest BCUT2D eigenvalue weighted by atomic mass is 10.1. The van der Waals surface area contributed by atoms with Crippen LogP contribution in [0, 0.1) is 19.7 Å². The molecule has 1 aliphatic carbocycles. The highest BCUT2D eigenvalue weighted by Crippen LogP contribution is 2.33. The number of carbonyl (C=O) groups excluding carboxylic acids is 1. The Kier molecular flexibility index (Phi) is 4.51. The van der Waals surface area contributed by atoms with Crippen LogP contribution >= 0.6 is 0 Å². The summed E-state index contributed by atoms with van der Waals surface area (Å²) in [5.41, 5.74) is 2.80. The van der Waals surface area contributed by atoms with Crippen molar-refractivity contribution in [1.82, 2.24) is 4.57 Å². The van der Waals surface area contributed by atoms with Crippen molar-refractivity contribution in [2.24, 2.45) is 0 Å². The predicted molar refractivity (Wildman–Crippen MR) is 87.6 cm³/mol. The number of benzene rings is 1. The molecule has 1 aromatic heterocycles. The molecule has 0 saturated heterocycles. The number of halogens is 1. The van der Waals surface area contributed by atoms with E-state index in [2.05, 4.69) is 4.57 Å². The third-order valence-electron chi connectivity index (χ3n) is 4.67. The second-order valence-electron chi connectivity index (χ2n) is 6.24. The molecule has 0 atom stereocenters. The number of aryl methyl sites for hydroxylation is 1. The van der Waals surface area contributed by atoms with E-state index in [0.717, 1.165) is 11.4 Å². The summed E-state index contributed by atoms with van der Waals surface area (Å²) in [6, 6.07) is 8.58. The summed E-state index contributed by atoms with van der Waals surface area (Å²) in [6.45, 7) is 3.89. The SMILES string of the molecule is Cc1cc(C(=O)COc2ccccc2F)c(C)n1C1CCCC1.